The Hall–Kier alpha value is -0.660. The summed E-state index contributed by atoms with van der Waals surface area (Å²) in [5, 5.41) is -1.18. The molecular weight excluding hydrogens is 379 g/mol. The van der Waals surface area contributed by atoms with Gasteiger partial charge in [0.2, 0.25) is 5.34 Å². The molecule has 0 radical (unpaired) electrons. The number of hydrogen-bond acceptors (Lipinski definition) is 5. The predicted molar refractivity (Wildman–Crippen MR) is 87.7 cm³/mol. The predicted octanol–water partition coefficient (Wildman–Crippen LogP) is 3.71. The summed E-state index contributed by atoms with van der Waals surface area (Å²) in [6.07, 6.45) is 0.364. The molecule has 21 heavy (non-hydrogen) atoms. The van der Waals surface area contributed by atoms with Gasteiger partial charge in [-0.1, -0.05) is 41.1 Å². The van der Waals surface area contributed by atoms with Crippen molar-refractivity contribution >= 4 is 50.2 Å². The lowest BCUT2D eigenvalue weighted by Crippen LogP contribution is -2.34. The van der Waals surface area contributed by atoms with Crippen molar-refractivity contribution in [3.63, 3.8) is 0 Å². The Bertz CT molecular complexity index is 711. The Morgan fingerprint density at radius 3 is 2.57 bits per heavy atom. The van der Waals surface area contributed by atoms with Crippen LogP contribution in [0.25, 0.3) is 10.2 Å². The molecule has 0 saturated carbocycles. The van der Waals surface area contributed by atoms with E-state index in [4.69, 9.17) is 10.5 Å². The molecule has 4 N–H and O–H groups in total. The van der Waals surface area contributed by atoms with Crippen molar-refractivity contribution < 1.29 is 19.1 Å². The number of fused-ring (bicyclic) bond motifs is 1. The van der Waals surface area contributed by atoms with Gasteiger partial charge in [0.05, 0.1) is 4.70 Å². The highest BCUT2D eigenvalue weighted by atomic mass is 79.9. The molecule has 0 unspecified atom stereocenters. The van der Waals surface area contributed by atoms with Crippen LogP contribution in [0.5, 0.6) is 5.75 Å². The minimum atomic E-state index is -4.45. The minimum Gasteiger partial charge on any atom is -0.472 e. The summed E-state index contributed by atoms with van der Waals surface area (Å²) in [5.74, 6) is 0.319. The molecule has 0 spiro atoms. The first-order chi connectivity index (χ1) is 9.72. The number of anilines is 1. The first-order valence-corrected chi connectivity index (χ1v) is 9.55. The fourth-order valence-corrected chi connectivity index (χ4v) is 4.55. The van der Waals surface area contributed by atoms with Crippen LogP contribution in [0.2, 0.25) is 0 Å². The summed E-state index contributed by atoms with van der Waals surface area (Å²) < 4.78 is 19.2. The molecule has 2 rings (SSSR count). The Labute approximate surface area is 134 Å². The Balaban J connectivity index is 2.58. The smallest absolute Gasteiger partial charge is 0.368 e. The second-order valence-electron chi connectivity index (χ2n) is 4.60. The van der Waals surface area contributed by atoms with Crippen molar-refractivity contribution in [2.24, 2.45) is 0 Å². The first-order valence-electron chi connectivity index (χ1n) is 6.32. The molecule has 0 aliphatic carbocycles. The van der Waals surface area contributed by atoms with Crippen LogP contribution >= 0.6 is 34.9 Å². The van der Waals surface area contributed by atoms with Crippen LogP contribution in [0.15, 0.2) is 16.6 Å². The maximum atomic E-state index is 11.9. The summed E-state index contributed by atoms with van der Waals surface area (Å²) in [5.41, 5.74) is 6.22. The van der Waals surface area contributed by atoms with E-state index in [1.54, 1.807) is 19.9 Å². The number of thiazole rings is 1. The number of hydrogen-bond donors (Lipinski definition) is 3. The van der Waals surface area contributed by atoms with Crippen LogP contribution in [0.3, 0.4) is 0 Å². The van der Waals surface area contributed by atoms with Crippen molar-refractivity contribution in [3.05, 3.63) is 16.6 Å². The quantitative estimate of drug-likeness (QED) is 0.667. The average Bonchev–Trinajstić information content (AvgIpc) is 2.74. The number of halogens is 1. The topological polar surface area (TPSA) is 106 Å². The van der Waals surface area contributed by atoms with E-state index in [0.717, 1.165) is 9.17 Å². The zero-order chi connectivity index (χ0) is 15.8. The number of nitrogens with two attached hydrogens (primary N) is 1. The zero-order valence-electron chi connectivity index (χ0n) is 11.5. The second-order valence-corrected chi connectivity index (χ2v) is 8.48. The zero-order valence-corrected chi connectivity index (χ0v) is 14.8. The van der Waals surface area contributed by atoms with Crippen LogP contribution in [-0.4, -0.2) is 20.1 Å². The van der Waals surface area contributed by atoms with Crippen LogP contribution in [-0.2, 0) is 4.57 Å². The molecule has 6 nitrogen and oxygen atoms in total. The van der Waals surface area contributed by atoms with Gasteiger partial charge in [-0.2, -0.15) is 0 Å². The molecule has 0 saturated heterocycles. The number of nitrogen functional groups attached to an aromatic ring is 1. The lowest BCUT2D eigenvalue weighted by Gasteiger charge is -2.33. The molecule has 9 heteroatoms. The third kappa shape index (κ3) is 3.10. The van der Waals surface area contributed by atoms with Crippen molar-refractivity contribution in [2.45, 2.75) is 32.0 Å². The monoisotopic (exact) mass is 394 g/mol. The van der Waals surface area contributed by atoms with E-state index in [9.17, 15) is 14.4 Å². The lowest BCUT2D eigenvalue weighted by molar-refractivity contribution is 0.110. The van der Waals surface area contributed by atoms with Crippen molar-refractivity contribution in [1.29, 1.82) is 0 Å². The normalized spacial score (nSPS) is 12.8. The standard InChI is InChI=1S/C12H16BrN2O4PS/c1-3-12(4-2,20(16,17)18)19-8-5-7(13)6-9-10(8)15-11(14)21-9/h5-6H,3-4H2,1-2H3,(H2,14,15)(H2,16,17,18). The van der Waals surface area contributed by atoms with E-state index >= 15 is 0 Å². The maximum Gasteiger partial charge on any atom is 0.368 e. The second kappa shape index (κ2) is 5.85. The lowest BCUT2D eigenvalue weighted by atomic mass is 10.2. The molecule has 0 aliphatic rings. The molecule has 1 aromatic carbocycles. The summed E-state index contributed by atoms with van der Waals surface area (Å²) in [4.78, 5) is 23.5. The van der Waals surface area contributed by atoms with Gasteiger partial charge in [-0.15, -0.1) is 0 Å². The van der Waals surface area contributed by atoms with Gasteiger partial charge >= 0.3 is 7.60 Å². The third-order valence-corrected chi connectivity index (χ3v) is 6.45. The fourth-order valence-electron chi connectivity index (χ4n) is 2.13. The largest absolute Gasteiger partial charge is 0.472 e. The Kier molecular flexibility index (Phi) is 4.66. The number of nitrogens with zero attached hydrogens (tertiary/aromatic N) is 1. The highest BCUT2D eigenvalue weighted by Crippen LogP contribution is 2.55. The van der Waals surface area contributed by atoms with Gasteiger partial charge < -0.3 is 20.3 Å². The summed E-state index contributed by atoms with van der Waals surface area (Å²) in [7, 11) is -4.45. The highest BCUT2D eigenvalue weighted by Gasteiger charge is 2.46. The van der Waals surface area contributed by atoms with Crippen molar-refractivity contribution in [2.75, 3.05) is 5.73 Å². The molecule has 1 aromatic heterocycles. The molecule has 0 fully saturated rings. The molecule has 0 atom stereocenters. The van der Waals surface area contributed by atoms with Crippen LogP contribution < -0.4 is 10.5 Å². The van der Waals surface area contributed by atoms with Gasteiger partial charge in [-0.3, -0.25) is 4.57 Å². The SMILES string of the molecule is CCC(CC)(Oc1cc(Br)cc2sc(N)nc12)P(=O)(O)O. The first kappa shape index (κ1) is 16.7. The van der Waals surface area contributed by atoms with Gasteiger partial charge in [0.25, 0.3) is 0 Å². The summed E-state index contributed by atoms with van der Waals surface area (Å²) in [6.45, 7) is 3.38. The number of rotatable bonds is 5. The van der Waals surface area contributed by atoms with Gasteiger partial charge in [-0.25, -0.2) is 4.98 Å². The Morgan fingerprint density at radius 1 is 1.43 bits per heavy atom. The summed E-state index contributed by atoms with van der Waals surface area (Å²) in [6, 6.07) is 3.49. The fraction of sp³-hybridized carbons (Fsp3) is 0.417. The highest BCUT2D eigenvalue weighted by molar-refractivity contribution is 9.10. The van der Waals surface area contributed by atoms with E-state index in [1.807, 2.05) is 6.07 Å². The molecule has 1 heterocycles. The molecule has 116 valence electrons. The molecular formula is C12H16BrN2O4PS. The molecule has 0 amide bonds. The number of aromatic nitrogens is 1. The van der Waals surface area contributed by atoms with Gasteiger partial charge in [0.1, 0.15) is 11.3 Å². The molecule has 2 aromatic rings. The van der Waals surface area contributed by atoms with E-state index < -0.39 is 12.9 Å². The van der Waals surface area contributed by atoms with E-state index in [1.165, 1.54) is 11.3 Å². The van der Waals surface area contributed by atoms with Crippen molar-refractivity contribution in [3.8, 4) is 5.75 Å². The minimum absolute atomic E-state index is 0.182. The van der Waals surface area contributed by atoms with Crippen LogP contribution in [0, 0.1) is 0 Å². The van der Waals surface area contributed by atoms with Crippen molar-refractivity contribution in [1.82, 2.24) is 4.98 Å². The average molecular weight is 395 g/mol. The Morgan fingerprint density at radius 2 is 2.05 bits per heavy atom. The van der Waals surface area contributed by atoms with E-state index in [0.29, 0.717) is 16.4 Å². The van der Waals surface area contributed by atoms with E-state index in [-0.39, 0.29) is 12.8 Å². The molecule has 0 aliphatic heterocycles. The van der Waals surface area contributed by atoms with Crippen LogP contribution in [0.4, 0.5) is 5.13 Å². The third-order valence-electron chi connectivity index (χ3n) is 3.38. The molecule has 0 bridgehead atoms. The summed E-state index contributed by atoms with van der Waals surface area (Å²) >= 11 is 4.65. The number of ether oxygens (including phenoxy) is 1. The van der Waals surface area contributed by atoms with Gasteiger partial charge in [-0.05, 0) is 25.0 Å². The number of benzene rings is 1. The van der Waals surface area contributed by atoms with Gasteiger partial charge in [0, 0.05) is 4.47 Å². The van der Waals surface area contributed by atoms with E-state index in [2.05, 4.69) is 20.9 Å². The maximum absolute atomic E-state index is 11.9. The van der Waals surface area contributed by atoms with Crippen LogP contribution in [0.1, 0.15) is 26.7 Å². The van der Waals surface area contributed by atoms with Gasteiger partial charge in [0.15, 0.2) is 5.13 Å².